The van der Waals surface area contributed by atoms with Crippen LogP contribution in [0.15, 0.2) is 40.9 Å². The van der Waals surface area contributed by atoms with E-state index >= 15 is 0 Å². The molecule has 0 saturated heterocycles. The van der Waals surface area contributed by atoms with Crippen molar-refractivity contribution in [2.75, 3.05) is 6.54 Å². The Kier molecular flexibility index (Phi) is 6.03. The van der Waals surface area contributed by atoms with E-state index < -0.39 is 5.82 Å². The number of benzene rings is 1. The number of Topliss-reactive ketones (excluding diaryl/α,β-unsaturated/α-hetero) is 1. The summed E-state index contributed by atoms with van der Waals surface area (Å²) in [5.74, 6) is -0.679. The van der Waals surface area contributed by atoms with Gasteiger partial charge in [-0.05, 0) is 48.0 Å². The summed E-state index contributed by atoms with van der Waals surface area (Å²) in [5, 5.41) is 10.7. The Morgan fingerprint density at radius 1 is 1.50 bits per heavy atom. The van der Waals surface area contributed by atoms with Crippen molar-refractivity contribution in [3.63, 3.8) is 0 Å². The normalized spacial score (nSPS) is 11.8. The van der Waals surface area contributed by atoms with Crippen molar-refractivity contribution in [2.45, 2.75) is 20.3 Å². The average Bonchev–Trinajstić information content (AvgIpc) is 3.00. The highest BCUT2D eigenvalue weighted by molar-refractivity contribution is 9.11. The highest BCUT2D eigenvalue weighted by Gasteiger charge is 2.14. The highest BCUT2D eigenvalue weighted by atomic mass is 79.9. The number of carbonyl (C=O) groups excluding carboxylic acids is 1. The summed E-state index contributed by atoms with van der Waals surface area (Å²) in [6.07, 6.45) is 4.95. The summed E-state index contributed by atoms with van der Waals surface area (Å²) < 4.78 is 16.0. The molecule has 0 saturated carbocycles. The molecular formula is C17H18BrFN4O. The number of nitrogens with one attached hydrogen (secondary N) is 2. The van der Waals surface area contributed by atoms with Crippen molar-refractivity contribution < 1.29 is 9.18 Å². The van der Waals surface area contributed by atoms with E-state index in [-0.39, 0.29) is 5.78 Å². The largest absolute Gasteiger partial charge is 0.379 e. The maximum absolute atomic E-state index is 13.5. The van der Waals surface area contributed by atoms with Gasteiger partial charge in [0.15, 0.2) is 5.78 Å². The van der Waals surface area contributed by atoms with E-state index in [1.807, 2.05) is 6.92 Å². The van der Waals surface area contributed by atoms with E-state index in [1.165, 1.54) is 25.3 Å². The van der Waals surface area contributed by atoms with Crippen LogP contribution in [-0.2, 0) is 6.42 Å². The van der Waals surface area contributed by atoms with Gasteiger partial charge in [-0.25, -0.2) is 9.37 Å². The Hall–Kier alpha value is -2.28. The SMILES string of the molecule is CCN/C(Br)=C(\C=N)Cc1cncn1-c1ccc(F)cc1C(C)=O. The number of ketones is 1. The van der Waals surface area contributed by atoms with E-state index in [2.05, 4.69) is 26.2 Å². The fourth-order valence-electron chi connectivity index (χ4n) is 2.33. The number of hydrogen-bond acceptors (Lipinski definition) is 4. The van der Waals surface area contributed by atoms with Gasteiger partial charge in [-0.15, -0.1) is 0 Å². The van der Waals surface area contributed by atoms with Gasteiger partial charge >= 0.3 is 0 Å². The molecule has 126 valence electrons. The van der Waals surface area contributed by atoms with Gasteiger partial charge in [0.05, 0.1) is 16.6 Å². The maximum Gasteiger partial charge on any atom is 0.162 e. The number of rotatable bonds is 7. The molecular weight excluding hydrogens is 375 g/mol. The van der Waals surface area contributed by atoms with Gasteiger partial charge in [-0.2, -0.15) is 0 Å². The first-order valence-electron chi connectivity index (χ1n) is 7.43. The van der Waals surface area contributed by atoms with Crippen molar-refractivity contribution in [2.24, 2.45) is 0 Å². The summed E-state index contributed by atoms with van der Waals surface area (Å²) in [6, 6.07) is 4.10. The Morgan fingerprint density at radius 3 is 2.88 bits per heavy atom. The molecule has 7 heteroatoms. The number of halogens is 2. The number of imidazole rings is 1. The fourth-order valence-corrected chi connectivity index (χ4v) is 2.86. The first kappa shape index (κ1) is 18.1. The van der Waals surface area contributed by atoms with Crippen molar-refractivity contribution in [3.8, 4) is 5.69 Å². The summed E-state index contributed by atoms with van der Waals surface area (Å²) >= 11 is 3.42. The third-order valence-electron chi connectivity index (χ3n) is 3.47. The third kappa shape index (κ3) is 3.97. The van der Waals surface area contributed by atoms with Crippen molar-refractivity contribution >= 4 is 27.9 Å². The standard InChI is InChI=1S/C17H18BrFN4O/c1-3-22-17(18)12(8-20)6-14-9-21-10-23(14)16-5-4-13(19)7-15(16)11(2)24/h4-5,7-10,20,22H,3,6H2,1-2H3/b17-12-,20-8?. The van der Waals surface area contributed by atoms with Crippen molar-refractivity contribution in [3.05, 3.63) is 58.0 Å². The number of hydrogen-bond donors (Lipinski definition) is 2. The molecule has 2 aromatic rings. The van der Waals surface area contributed by atoms with Crippen LogP contribution in [0.25, 0.3) is 5.69 Å². The first-order chi connectivity index (χ1) is 11.5. The second-order valence-corrected chi connectivity index (χ2v) is 5.96. The molecule has 0 unspecified atom stereocenters. The Bertz CT molecular complexity index is 798. The molecule has 1 aromatic heterocycles. The van der Waals surface area contributed by atoms with Crippen LogP contribution in [-0.4, -0.2) is 28.1 Å². The summed E-state index contributed by atoms with van der Waals surface area (Å²) in [4.78, 5) is 16.0. The summed E-state index contributed by atoms with van der Waals surface area (Å²) in [6.45, 7) is 4.09. The van der Waals surface area contributed by atoms with Crippen LogP contribution in [0.1, 0.15) is 29.9 Å². The van der Waals surface area contributed by atoms with Crippen LogP contribution >= 0.6 is 15.9 Å². The molecule has 0 bridgehead atoms. The molecule has 0 amide bonds. The highest BCUT2D eigenvalue weighted by Crippen LogP contribution is 2.21. The van der Waals surface area contributed by atoms with Crippen molar-refractivity contribution in [1.29, 1.82) is 5.41 Å². The minimum absolute atomic E-state index is 0.221. The maximum atomic E-state index is 13.5. The van der Waals surface area contributed by atoms with E-state index in [9.17, 15) is 9.18 Å². The smallest absolute Gasteiger partial charge is 0.162 e. The Labute approximate surface area is 148 Å². The zero-order chi connectivity index (χ0) is 17.7. The third-order valence-corrected chi connectivity index (χ3v) is 4.26. The van der Waals surface area contributed by atoms with Crippen molar-refractivity contribution in [1.82, 2.24) is 14.9 Å². The lowest BCUT2D eigenvalue weighted by Gasteiger charge is -2.13. The molecule has 0 radical (unpaired) electrons. The summed E-state index contributed by atoms with van der Waals surface area (Å²) in [7, 11) is 0. The van der Waals surface area contributed by atoms with Crippen LogP contribution in [0.2, 0.25) is 0 Å². The van der Waals surface area contributed by atoms with Gasteiger partial charge in [-0.1, -0.05) is 0 Å². The van der Waals surface area contributed by atoms with Crippen LogP contribution in [0, 0.1) is 11.2 Å². The topological polar surface area (TPSA) is 70.8 Å². The molecule has 0 aliphatic carbocycles. The lowest BCUT2D eigenvalue weighted by molar-refractivity contribution is 0.101. The van der Waals surface area contributed by atoms with Gasteiger partial charge in [0.2, 0.25) is 0 Å². The Balaban J connectivity index is 2.47. The van der Waals surface area contributed by atoms with Crippen LogP contribution in [0.4, 0.5) is 4.39 Å². The van der Waals surface area contributed by atoms with Crippen LogP contribution in [0.5, 0.6) is 0 Å². The van der Waals surface area contributed by atoms with Gasteiger partial charge in [0.1, 0.15) is 5.82 Å². The Morgan fingerprint density at radius 2 is 2.25 bits per heavy atom. The monoisotopic (exact) mass is 392 g/mol. The molecule has 5 nitrogen and oxygen atoms in total. The van der Waals surface area contributed by atoms with E-state index in [1.54, 1.807) is 23.2 Å². The molecule has 2 N–H and O–H groups in total. The van der Waals surface area contributed by atoms with Crippen LogP contribution in [0.3, 0.4) is 0 Å². The molecule has 0 aliphatic rings. The molecule has 0 spiro atoms. The lowest BCUT2D eigenvalue weighted by atomic mass is 10.1. The first-order valence-corrected chi connectivity index (χ1v) is 8.22. The predicted octanol–water partition coefficient (Wildman–Crippen LogP) is 3.62. The second-order valence-electron chi connectivity index (χ2n) is 5.16. The number of aromatic nitrogens is 2. The molecule has 1 aromatic carbocycles. The zero-order valence-corrected chi connectivity index (χ0v) is 15.0. The summed E-state index contributed by atoms with van der Waals surface area (Å²) in [5.41, 5.74) is 2.39. The zero-order valence-electron chi connectivity index (χ0n) is 13.4. The van der Waals surface area contributed by atoms with E-state index in [0.29, 0.717) is 17.7 Å². The molecule has 1 heterocycles. The predicted molar refractivity (Wildman–Crippen MR) is 95.6 cm³/mol. The quantitative estimate of drug-likeness (QED) is 0.429. The lowest BCUT2D eigenvalue weighted by Crippen LogP contribution is -2.13. The van der Waals surface area contributed by atoms with Gasteiger partial charge < -0.3 is 15.3 Å². The minimum Gasteiger partial charge on any atom is -0.379 e. The average molecular weight is 393 g/mol. The number of allylic oxidation sites excluding steroid dienone is 1. The van der Waals surface area contributed by atoms with Gasteiger partial charge in [0, 0.05) is 42.2 Å². The molecule has 2 rings (SSSR count). The fraction of sp³-hybridized carbons (Fsp3) is 0.235. The number of carbonyl (C=O) groups is 1. The van der Waals surface area contributed by atoms with Gasteiger partial charge in [-0.3, -0.25) is 4.79 Å². The molecule has 24 heavy (non-hydrogen) atoms. The minimum atomic E-state index is -0.458. The molecule has 0 fully saturated rings. The van der Waals surface area contributed by atoms with E-state index in [4.69, 9.17) is 5.41 Å². The second kappa shape index (κ2) is 8.01. The van der Waals surface area contributed by atoms with E-state index in [0.717, 1.165) is 22.4 Å². The molecule has 0 aliphatic heterocycles. The molecule has 0 atom stereocenters. The van der Waals surface area contributed by atoms with Crippen LogP contribution < -0.4 is 5.32 Å². The number of nitrogens with zero attached hydrogens (tertiary/aromatic N) is 2. The van der Waals surface area contributed by atoms with Gasteiger partial charge in [0.25, 0.3) is 0 Å².